The molecule has 0 unspecified atom stereocenters. The Kier molecular flexibility index (Phi) is 8.45. The first-order valence-electron chi connectivity index (χ1n) is 8.63. The van der Waals surface area contributed by atoms with Gasteiger partial charge in [0.25, 0.3) is 0 Å². The first-order valence-corrected chi connectivity index (χ1v) is 13.5. The maximum atomic E-state index is 12.7. The minimum atomic E-state index is -3.24. The average molecular weight is 427 g/mol. The van der Waals surface area contributed by atoms with Gasteiger partial charge >= 0.3 is 0 Å². The molecule has 0 heterocycles. The van der Waals surface area contributed by atoms with Crippen molar-refractivity contribution in [2.45, 2.75) is 59.5 Å². The van der Waals surface area contributed by atoms with Gasteiger partial charge in [-0.05, 0) is 34.1 Å². The minimum absolute atomic E-state index is 0.0764. The molecule has 6 heteroatoms. The first kappa shape index (κ1) is 21.7. The molecule has 142 valence electrons. The molecule has 0 saturated heterocycles. The molecule has 0 radical (unpaired) electrons. The number of thioether (sulfide) groups is 2. The lowest BCUT2D eigenvalue weighted by molar-refractivity contribution is 0.609. The highest BCUT2D eigenvalue weighted by molar-refractivity contribution is 8.71. The van der Waals surface area contributed by atoms with E-state index in [0.29, 0.717) is 16.3 Å². The fourth-order valence-electron chi connectivity index (χ4n) is 2.37. The summed E-state index contributed by atoms with van der Waals surface area (Å²) in [5, 5.41) is 0.893. The van der Waals surface area contributed by atoms with Crippen molar-refractivity contribution >= 4 is 43.2 Å². The number of hydrogen-bond acceptors (Lipinski definition) is 5. The van der Waals surface area contributed by atoms with Crippen LogP contribution in [0.15, 0.2) is 58.3 Å². The lowest BCUT2D eigenvalue weighted by Crippen LogP contribution is -2.02. The van der Waals surface area contributed by atoms with E-state index in [1.54, 1.807) is 23.5 Å². The Labute approximate surface area is 170 Å². The minimum Gasteiger partial charge on any atom is -0.217 e. The zero-order valence-corrected chi connectivity index (χ0v) is 18.9. The zero-order valence-electron chi connectivity index (χ0n) is 15.6. The summed E-state index contributed by atoms with van der Waals surface area (Å²) >= 11 is 3.49. The summed E-state index contributed by atoms with van der Waals surface area (Å²) in [5.41, 5.74) is 1.98. The van der Waals surface area contributed by atoms with Crippen molar-refractivity contribution in [3.63, 3.8) is 0 Å². The molecule has 0 fully saturated rings. The second-order valence-corrected chi connectivity index (χ2v) is 13.9. The number of benzene rings is 2. The fraction of sp³-hybridized carbons (Fsp3) is 0.400. The van der Waals surface area contributed by atoms with Crippen molar-refractivity contribution in [3.05, 3.63) is 59.7 Å². The third-order valence-electron chi connectivity index (χ3n) is 3.40. The molecule has 0 atom stereocenters. The van der Waals surface area contributed by atoms with Gasteiger partial charge in [0.2, 0.25) is 8.87 Å². The van der Waals surface area contributed by atoms with Gasteiger partial charge in [0, 0.05) is 26.0 Å². The Morgan fingerprint density at radius 1 is 0.769 bits per heavy atom. The molecular weight excluding hydrogens is 400 g/mol. The van der Waals surface area contributed by atoms with E-state index in [4.69, 9.17) is 0 Å². The molecule has 0 amide bonds. The lowest BCUT2D eigenvalue weighted by atomic mass is 10.2. The molecule has 26 heavy (non-hydrogen) atoms. The van der Waals surface area contributed by atoms with Gasteiger partial charge in [0.05, 0.1) is 5.75 Å². The van der Waals surface area contributed by atoms with Crippen molar-refractivity contribution in [1.82, 2.24) is 0 Å². The highest BCUT2D eigenvalue weighted by atomic mass is 33.1. The van der Waals surface area contributed by atoms with Crippen LogP contribution < -0.4 is 0 Å². The Bertz CT molecular complexity index is 814. The van der Waals surface area contributed by atoms with Crippen LogP contribution in [0.25, 0.3) is 0 Å². The molecule has 0 aliphatic heterocycles. The third-order valence-corrected chi connectivity index (χ3v) is 8.88. The zero-order chi connectivity index (χ0) is 19.2. The van der Waals surface area contributed by atoms with Crippen LogP contribution in [0.3, 0.4) is 0 Å². The molecule has 0 aliphatic rings. The molecule has 2 nitrogen and oxygen atoms in total. The first-order chi connectivity index (χ1) is 12.3. The van der Waals surface area contributed by atoms with E-state index in [-0.39, 0.29) is 5.75 Å². The number of rotatable bonds is 9. The van der Waals surface area contributed by atoms with Crippen LogP contribution in [0, 0.1) is 0 Å². The van der Waals surface area contributed by atoms with Gasteiger partial charge < -0.3 is 0 Å². The van der Waals surface area contributed by atoms with Crippen LogP contribution in [0.5, 0.6) is 0 Å². The van der Waals surface area contributed by atoms with E-state index < -0.39 is 8.87 Å². The quantitative estimate of drug-likeness (QED) is 0.340. The highest BCUT2D eigenvalue weighted by Gasteiger charge is 2.17. The normalized spacial score (nSPS) is 12.1. The molecule has 0 aliphatic carbocycles. The Morgan fingerprint density at radius 3 is 1.77 bits per heavy atom. The van der Waals surface area contributed by atoms with Crippen molar-refractivity contribution in [2.24, 2.45) is 0 Å². The van der Waals surface area contributed by atoms with Crippen LogP contribution >= 0.6 is 34.3 Å². The summed E-state index contributed by atoms with van der Waals surface area (Å²) < 4.78 is 25.4. The predicted molar refractivity (Wildman–Crippen MR) is 119 cm³/mol. The number of hydrogen-bond donors (Lipinski definition) is 0. The predicted octanol–water partition coefficient (Wildman–Crippen LogP) is 6.45. The summed E-state index contributed by atoms with van der Waals surface area (Å²) in [6, 6.07) is 15.9. The molecule has 0 bridgehead atoms. The van der Waals surface area contributed by atoms with E-state index in [2.05, 4.69) is 33.8 Å². The second-order valence-electron chi connectivity index (χ2n) is 6.51. The maximum absolute atomic E-state index is 12.7. The van der Waals surface area contributed by atoms with Crippen LogP contribution in [-0.2, 0) is 20.4 Å². The van der Waals surface area contributed by atoms with Gasteiger partial charge in [-0.3, -0.25) is 0 Å². The van der Waals surface area contributed by atoms with Gasteiger partial charge in [-0.25, -0.2) is 8.42 Å². The lowest BCUT2D eigenvalue weighted by Gasteiger charge is -2.13. The summed E-state index contributed by atoms with van der Waals surface area (Å²) in [6.45, 7) is 8.53. The molecule has 0 spiro atoms. The maximum Gasteiger partial charge on any atom is 0.206 e. The summed E-state index contributed by atoms with van der Waals surface area (Å²) in [6.07, 6.45) is 0. The van der Waals surface area contributed by atoms with E-state index >= 15 is 0 Å². The van der Waals surface area contributed by atoms with Crippen molar-refractivity contribution in [3.8, 4) is 0 Å². The second kappa shape index (κ2) is 10.1. The smallest absolute Gasteiger partial charge is 0.206 e. The largest absolute Gasteiger partial charge is 0.217 e. The van der Waals surface area contributed by atoms with Crippen molar-refractivity contribution in [2.75, 3.05) is 0 Å². The van der Waals surface area contributed by atoms with E-state index in [1.807, 2.05) is 42.5 Å². The van der Waals surface area contributed by atoms with Crippen LogP contribution in [0.4, 0.5) is 0 Å². The SMILES string of the molecule is CC(C)Sc1ccccc1CSS(=O)(=O)Cc1ccccc1SC(C)C. The van der Waals surface area contributed by atoms with Crippen LogP contribution in [0.1, 0.15) is 38.8 Å². The van der Waals surface area contributed by atoms with E-state index in [1.165, 1.54) is 4.90 Å². The van der Waals surface area contributed by atoms with Gasteiger partial charge in [-0.2, -0.15) is 0 Å². The van der Waals surface area contributed by atoms with Crippen LogP contribution in [0.2, 0.25) is 0 Å². The van der Waals surface area contributed by atoms with E-state index in [0.717, 1.165) is 26.8 Å². The topological polar surface area (TPSA) is 34.1 Å². The van der Waals surface area contributed by atoms with Crippen molar-refractivity contribution in [1.29, 1.82) is 0 Å². The summed E-state index contributed by atoms with van der Waals surface area (Å²) in [4.78, 5) is 2.23. The summed E-state index contributed by atoms with van der Waals surface area (Å²) in [7, 11) is -2.20. The molecule has 0 saturated carbocycles. The monoisotopic (exact) mass is 426 g/mol. The molecule has 2 aromatic carbocycles. The highest BCUT2D eigenvalue weighted by Crippen LogP contribution is 2.33. The Balaban J connectivity index is 2.09. The molecular formula is C20H26O2S4. The standard InChI is InChI=1S/C20H26O2S4/c1-15(2)24-19-11-7-5-9-17(19)13-23-26(21,22)14-18-10-6-8-12-20(18)25-16(3)4/h5-12,15-16H,13-14H2,1-4H3. The van der Waals surface area contributed by atoms with E-state index in [9.17, 15) is 8.42 Å². The third kappa shape index (κ3) is 7.22. The van der Waals surface area contributed by atoms with Gasteiger partial charge in [0.15, 0.2) is 0 Å². The summed E-state index contributed by atoms with van der Waals surface area (Å²) in [5.74, 6) is 0.560. The van der Waals surface area contributed by atoms with Crippen molar-refractivity contribution < 1.29 is 8.42 Å². The fourth-order valence-corrected chi connectivity index (χ4v) is 7.29. The van der Waals surface area contributed by atoms with Gasteiger partial charge in [0.1, 0.15) is 0 Å². The van der Waals surface area contributed by atoms with Gasteiger partial charge in [-0.15, -0.1) is 23.5 Å². The Hall–Kier alpha value is -0.560. The Morgan fingerprint density at radius 2 is 1.23 bits per heavy atom. The molecule has 2 rings (SSSR count). The van der Waals surface area contributed by atoms with Gasteiger partial charge in [-0.1, -0.05) is 64.1 Å². The molecule has 2 aromatic rings. The molecule has 0 aromatic heterocycles. The van der Waals surface area contributed by atoms with Crippen LogP contribution in [-0.4, -0.2) is 18.9 Å². The molecule has 0 N–H and O–H groups in total. The average Bonchev–Trinajstić information content (AvgIpc) is 2.55.